The zero-order chi connectivity index (χ0) is 15.9. The van der Waals surface area contributed by atoms with Crippen molar-refractivity contribution >= 4 is 29.0 Å². The summed E-state index contributed by atoms with van der Waals surface area (Å²) in [5.41, 5.74) is 0.358. The molecule has 0 bridgehead atoms. The third kappa shape index (κ3) is 4.35. The van der Waals surface area contributed by atoms with E-state index in [1.54, 1.807) is 29.8 Å². The van der Waals surface area contributed by atoms with Crippen LogP contribution < -0.4 is 10.1 Å². The fourth-order valence-electron chi connectivity index (χ4n) is 1.78. The Morgan fingerprint density at radius 1 is 1.59 bits per heavy atom. The van der Waals surface area contributed by atoms with Gasteiger partial charge in [0.1, 0.15) is 16.8 Å². The first-order valence-corrected chi connectivity index (χ1v) is 7.58. The zero-order valence-corrected chi connectivity index (χ0v) is 12.9. The van der Waals surface area contributed by atoms with Crippen LogP contribution in [0.4, 0.5) is 4.79 Å². The van der Waals surface area contributed by atoms with Crippen molar-refractivity contribution in [3.63, 3.8) is 0 Å². The van der Waals surface area contributed by atoms with Crippen LogP contribution in [0.15, 0.2) is 29.8 Å². The summed E-state index contributed by atoms with van der Waals surface area (Å²) in [5.74, 6) is 0.352. The second-order valence-corrected chi connectivity index (χ2v) is 5.61. The highest BCUT2D eigenvalue weighted by Crippen LogP contribution is 2.30. The van der Waals surface area contributed by atoms with Crippen molar-refractivity contribution < 1.29 is 14.6 Å². The first kappa shape index (κ1) is 16.1. The summed E-state index contributed by atoms with van der Waals surface area (Å²) < 4.78 is 5.85. The molecule has 1 heterocycles. The van der Waals surface area contributed by atoms with Crippen LogP contribution in [0.2, 0.25) is 5.02 Å². The van der Waals surface area contributed by atoms with E-state index in [0.717, 1.165) is 0 Å². The first-order valence-electron chi connectivity index (χ1n) is 6.32. The summed E-state index contributed by atoms with van der Waals surface area (Å²) in [5, 5.41) is 23.0. The molecule has 0 aliphatic carbocycles. The molecule has 1 amide bonds. The fourth-order valence-corrected chi connectivity index (χ4v) is 2.64. The van der Waals surface area contributed by atoms with Crippen LogP contribution in [0.25, 0.3) is 0 Å². The highest BCUT2D eigenvalue weighted by atomic mass is 35.5. The quantitative estimate of drug-likeness (QED) is 0.841. The number of carboxylic acid groups (broad SMARTS) is 1. The molecule has 0 saturated heterocycles. The van der Waals surface area contributed by atoms with Gasteiger partial charge >= 0.3 is 6.09 Å². The second-order valence-electron chi connectivity index (χ2n) is 4.25. The van der Waals surface area contributed by atoms with Crippen molar-refractivity contribution in [1.82, 2.24) is 10.3 Å². The van der Waals surface area contributed by atoms with Crippen LogP contribution in [-0.4, -0.2) is 22.7 Å². The highest BCUT2D eigenvalue weighted by Gasteiger charge is 2.18. The van der Waals surface area contributed by atoms with Gasteiger partial charge in [0.2, 0.25) is 0 Å². The van der Waals surface area contributed by atoms with E-state index in [2.05, 4.69) is 10.3 Å². The van der Waals surface area contributed by atoms with E-state index in [1.807, 2.05) is 6.07 Å². The molecular formula is C14H12ClN3O3S. The first-order chi connectivity index (χ1) is 10.6. The molecule has 1 aromatic carbocycles. The van der Waals surface area contributed by atoms with E-state index in [9.17, 15) is 4.79 Å². The molecule has 2 rings (SSSR count). The molecule has 2 N–H and O–H groups in total. The number of amides is 1. The van der Waals surface area contributed by atoms with Gasteiger partial charge in [0.15, 0.2) is 6.10 Å². The van der Waals surface area contributed by atoms with Crippen molar-refractivity contribution in [2.45, 2.75) is 12.5 Å². The van der Waals surface area contributed by atoms with Crippen molar-refractivity contribution in [3.8, 4) is 11.8 Å². The van der Waals surface area contributed by atoms with Gasteiger partial charge in [-0.05, 0) is 12.1 Å². The largest absolute Gasteiger partial charge is 0.482 e. The number of benzene rings is 1. The normalized spacial score (nSPS) is 11.5. The van der Waals surface area contributed by atoms with Gasteiger partial charge in [0.05, 0.1) is 5.56 Å². The smallest absolute Gasteiger partial charge is 0.404 e. The summed E-state index contributed by atoms with van der Waals surface area (Å²) in [7, 11) is 0. The lowest BCUT2D eigenvalue weighted by molar-refractivity contribution is 0.180. The Labute approximate surface area is 135 Å². The Balaban J connectivity index is 2.18. The lowest BCUT2D eigenvalue weighted by Gasteiger charge is -2.18. The van der Waals surface area contributed by atoms with E-state index in [0.29, 0.717) is 27.8 Å². The molecule has 0 spiro atoms. The number of hydrogen-bond donors (Lipinski definition) is 2. The zero-order valence-electron chi connectivity index (χ0n) is 11.3. The van der Waals surface area contributed by atoms with E-state index in [1.165, 1.54) is 11.3 Å². The van der Waals surface area contributed by atoms with Crippen molar-refractivity contribution in [3.05, 3.63) is 45.4 Å². The van der Waals surface area contributed by atoms with Crippen LogP contribution in [0.5, 0.6) is 5.75 Å². The molecule has 22 heavy (non-hydrogen) atoms. The maximum atomic E-state index is 10.5. The molecule has 1 atom stereocenters. The molecule has 0 unspecified atom stereocenters. The van der Waals surface area contributed by atoms with Crippen molar-refractivity contribution in [1.29, 1.82) is 5.26 Å². The van der Waals surface area contributed by atoms with Gasteiger partial charge in [-0.15, -0.1) is 11.3 Å². The molecule has 114 valence electrons. The Bertz CT molecular complexity index is 685. The molecule has 0 aliphatic heterocycles. The molecule has 1 aromatic heterocycles. The molecular weight excluding hydrogens is 326 g/mol. The highest BCUT2D eigenvalue weighted by molar-refractivity contribution is 7.09. The average molecular weight is 338 g/mol. The summed E-state index contributed by atoms with van der Waals surface area (Å²) >= 11 is 7.34. The van der Waals surface area contributed by atoms with Crippen LogP contribution >= 0.6 is 22.9 Å². The third-order valence-corrected chi connectivity index (χ3v) is 3.85. The van der Waals surface area contributed by atoms with Crippen molar-refractivity contribution in [2.75, 3.05) is 6.54 Å². The Morgan fingerprint density at radius 2 is 2.41 bits per heavy atom. The van der Waals surface area contributed by atoms with Gasteiger partial charge in [-0.2, -0.15) is 5.26 Å². The number of nitriles is 1. The number of nitrogens with zero attached hydrogens (tertiary/aromatic N) is 2. The van der Waals surface area contributed by atoms with Gasteiger partial charge in [0.25, 0.3) is 0 Å². The van der Waals surface area contributed by atoms with Gasteiger partial charge in [-0.3, -0.25) is 0 Å². The van der Waals surface area contributed by atoms with Crippen molar-refractivity contribution in [2.24, 2.45) is 0 Å². The van der Waals surface area contributed by atoms with Crippen LogP contribution in [0, 0.1) is 11.3 Å². The Morgan fingerprint density at radius 3 is 3.05 bits per heavy atom. The lowest BCUT2D eigenvalue weighted by atomic mass is 10.2. The topological polar surface area (TPSA) is 95.2 Å². The Kier molecular flexibility index (Phi) is 5.58. The lowest BCUT2D eigenvalue weighted by Crippen LogP contribution is -2.24. The summed E-state index contributed by atoms with van der Waals surface area (Å²) in [6.07, 6.45) is 0.470. The summed E-state index contributed by atoms with van der Waals surface area (Å²) in [4.78, 5) is 14.7. The van der Waals surface area contributed by atoms with E-state index < -0.39 is 12.2 Å². The SMILES string of the molecule is N#Cc1ccc(Cl)cc1O[C@H](CCNC(=O)O)c1nccs1. The molecule has 0 fully saturated rings. The predicted octanol–water partition coefficient (Wildman–Crippen LogP) is 3.45. The molecule has 0 aliphatic rings. The van der Waals surface area contributed by atoms with E-state index in [-0.39, 0.29) is 6.54 Å². The van der Waals surface area contributed by atoms with Crippen LogP contribution in [-0.2, 0) is 0 Å². The Hall–Kier alpha value is -2.30. The molecule has 2 aromatic rings. The van der Waals surface area contributed by atoms with Crippen LogP contribution in [0.1, 0.15) is 23.1 Å². The number of thiazole rings is 1. The number of rotatable bonds is 6. The number of carbonyl (C=O) groups is 1. The second kappa shape index (κ2) is 7.64. The van der Waals surface area contributed by atoms with Gasteiger partial charge in [-0.25, -0.2) is 9.78 Å². The van der Waals surface area contributed by atoms with Gasteiger partial charge in [0, 0.05) is 35.6 Å². The van der Waals surface area contributed by atoms with E-state index in [4.69, 9.17) is 26.7 Å². The predicted molar refractivity (Wildman–Crippen MR) is 82.3 cm³/mol. The number of ether oxygens (including phenoxy) is 1. The minimum absolute atomic E-state index is 0.210. The van der Waals surface area contributed by atoms with Gasteiger partial charge < -0.3 is 15.2 Å². The molecule has 0 saturated carbocycles. The minimum atomic E-state index is -1.10. The molecule has 0 radical (unpaired) electrons. The maximum Gasteiger partial charge on any atom is 0.404 e. The van der Waals surface area contributed by atoms with E-state index >= 15 is 0 Å². The monoisotopic (exact) mass is 337 g/mol. The summed E-state index contributed by atoms with van der Waals surface area (Å²) in [6.45, 7) is 0.210. The average Bonchev–Trinajstić information content (AvgIpc) is 3.00. The minimum Gasteiger partial charge on any atom is -0.482 e. The maximum absolute atomic E-state index is 10.5. The number of hydrogen-bond acceptors (Lipinski definition) is 5. The fraction of sp³-hybridized carbons (Fsp3) is 0.214. The van der Waals surface area contributed by atoms with Gasteiger partial charge in [-0.1, -0.05) is 11.6 Å². The third-order valence-electron chi connectivity index (χ3n) is 2.74. The number of nitrogens with one attached hydrogen (secondary N) is 1. The number of aromatic nitrogens is 1. The molecule has 8 heteroatoms. The standard InChI is InChI=1S/C14H12ClN3O3S/c15-10-2-1-9(8-16)12(7-10)21-11(3-4-18-14(19)20)13-17-5-6-22-13/h1-2,5-7,11,18H,3-4H2,(H,19,20)/t11-/m1/s1. The molecule has 6 nitrogen and oxygen atoms in total. The number of halogens is 1. The summed E-state index contributed by atoms with van der Waals surface area (Å²) in [6, 6.07) is 6.78. The van der Waals surface area contributed by atoms with Crippen LogP contribution in [0.3, 0.4) is 0 Å².